The van der Waals surface area contributed by atoms with Crippen molar-refractivity contribution in [1.29, 1.82) is 0 Å². The zero-order valence-electron chi connectivity index (χ0n) is 14.1. The van der Waals surface area contributed by atoms with Crippen molar-refractivity contribution in [2.24, 2.45) is 0 Å². The standard InChI is InChI=1S/C22H16O4/c1-15(23)16-12-13-20-19(14-16)21(24)26-22(25-20,17-8-4-2-5-9-17)18-10-6-3-7-11-18/h2-14H,1H3. The number of fused-ring (bicyclic) bond motifs is 1. The molecule has 0 saturated heterocycles. The number of cyclic esters (lactones) is 1. The molecule has 1 heterocycles. The van der Waals surface area contributed by atoms with Crippen LogP contribution >= 0.6 is 0 Å². The van der Waals surface area contributed by atoms with Crippen molar-refractivity contribution in [3.8, 4) is 5.75 Å². The van der Waals surface area contributed by atoms with Crippen molar-refractivity contribution in [2.75, 3.05) is 0 Å². The first kappa shape index (κ1) is 16.1. The molecular formula is C22H16O4. The van der Waals surface area contributed by atoms with Gasteiger partial charge in [0.25, 0.3) is 0 Å². The summed E-state index contributed by atoms with van der Waals surface area (Å²) in [7, 11) is 0. The van der Waals surface area contributed by atoms with Gasteiger partial charge in [0.2, 0.25) is 0 Å². The molecule has 0 bridgehead atoms. The first-order chi connectivity index (χ1) is 12.6. The van der Waals surface area contributed by atoms with Crippen molar-refractivity contribution >= 4 is 11.8 Å². The first-order valence-corrected chi connectivity index (χ1v) is 8.28. The van der Waals surface area contributed by atoms with Crippen molar-refractivity contribution in [2.45, 2.75) is 12.7 Å². The van der Waals surface area contributed by atoms with Gasteiger partial charge in [0, 0.05) is 16.7 Å². The molecule has 0 aliphatic carbocycles. The van der Waals surface area contributed by atoms with E-state index in [9.17, 15) is 9.59 Å². The zero-order chi connectivity index (χ0) is 18.1. The van der Waals surface area contributed by atoms with E-state index in [1.165, 1.54) is 13.0 Å². The summed E-state index contributed by atoms with van der Waals surface area (Å²) >= 11 is 0. The van der Waals surface area contributed by atoms with Gasteiger partial charge in [-0.05, 0) is 25.1 Å². The molecule has 128 valence electrons. The lowest BCUT2D eigenvalue weighted by atomic mass is 9.95. The molecule has 0 N–H and O–H groups in total. The van der Waals surface area contributed by atoms with E-state index in [0.29, 0.717) is 22.4 Å². The summed E-state index contributed by atoms with van der Waals surface area (Å²) in [5.74, 6) is -1.63. The Labute approximate surface area is 151 Å². The predicted molar refractivity (Wildman–Crippen MR) is 96.2 cm³/mol. The maximum atomic E-state index is 12.8. The fourth-order valence-electron chi connectivity index (χ4n) is 3.08. The first-order valence-electron chi connectivity index (χ1n) is 8.28. The SMILES string of the molecule is CC(=O)c1ccc2c(c1)C(=O)OC(c1ccccc1)(c1ccccc1)O2. The molecule has 0 unspecified atom stereocenters. The minimum absolute atomic E-state index is 0.122. The van der Waals surface area contributed by atoms with E-state index in [1.807, 2.05) is 60.7 Å². The highest BCUT2D eigenvalue weighted by Gasteiger charge is 2.46. The van der Waals surface area contributed by atoms with Gasteiger partial charge in [0.1, 0.15) is 11.3 Å². The van der Waals surface area contributed by atoms with Crippen LogP contribution in [0.5, 0.6) is 5.75 Å². The number of rotatable bonds is 3. The highest BCUT2D eigenvalue weighted by Crippen LogP contribution is 2.42. The summed E-state index contributed by atoms with van der Waals surface area (Å²) in [6.07, 6.45) is 0. The van der Waals surface area contributed by atoms with Gasteiger partial charge in [0.05, 0.1) is 0 Å². The second kappa shape index (κ2) is 6.15. The molecule has 1 aliphatic rings. The summed E-state index contributed by atoms with van der Waals surface area (Å²) < 4.78 is 12.1. The fourth-order valence-corrected chi connectivity index (χ4v) is 3.08. The Bertz CT molecular complexity index is 938. The quantitative estimate of drug-likeness (QED) is 0.524. The minimum Gasteiger partial charge on any atom is -0.443 e. The van der Waals surface area contributed by atoms with Gasteiger partial charge >= 0.3 is 11.8 Å². The number of carbonyl (C=O) groups is 2. The summed E-state index contributed by atoms with van der Waals surface area (Å²) in [6.45, 7) is 1.45. The molecular weight excluding hydrogens is 328 g/mol. The zero-order valence-corrected chi connectivity index (χ0v) is 14.1. The highest BCUT2D eigenvalue weighted by molar-refractivity contribution is 6.00. The van der Waals surface area contributed by atoms with Crippen LogP contribution in [0.4, 0.5) is 0 Å². The monoisotopic (exact) mass is 344 g/mol. The third-order valence-electron chi connectivity index (χ3n) is 4.40. The van der Waals surface area contributed by atoms with Gasteiger partial charge in [-0.2, -0.15) is 0 Å². The number of hydrogen-bond donors (Lipinski definition) is 0. The molecule has 0 radical (unpaired) electrons. The number of esters is 1. The van der Waals surface area contributed by atoms with E-state index in [-0.39, 0.29) is 11.3 Å². The van der Waals surface area contributed by atoms with Crippen LogP contribution in [0.3, 0.4) is 0 Å². The number of carbonyl (C=O) groups excluding carboxylic acids is 2. The Morgan fingerprint density at radius 2 is 1.38 bits per heavy atom. The van der Waals surface area contributed by atoms with Crippen LogP contribution < -0.4 is 4.74 Å². The lowest BCUT2D eigenvalue weighted by Crippen LogP contribution is -2.43. The fraction of sp³-hybridized carbons (Fsp3) is 0.0909. The van der Waals surface area contributed by atoms with E-state index in [2.05, 4.69) is 0 Å². The largest absolute Gasteiger partial charge is 0.443 e. The van der Waals surface area contributed by atoms with Crippen LogP contribution in [-0.2, 0) is 10.5 Å². The predicted octanol–water partition coefficient (Wildman–Crippen LogP) is 4.34. The van der Waals surface area contributed by atoms with Gasteiger partial charge < -0.3 is 9.47 Å². The smallest absolute Gasteiger partial charge is 0.345 e. The van der Waals surface area contributed by atoms with E-state index >= 15 is 0 Å². The van der Waals surface area contributed by atoms with E-state index in [1.54, 1.807) is 12.1 Å². The molecule has 3 aromatic carbocycles. The average Bonchev–Trinajstić information content (AvgIpc) is 2.69. The molecule has 3 aromatic rings. The van der Waals surface area contributed by atoms with Gasteiger partial charge in [-0.25, -0.2) is 4.79 Å². The number of benzene rings is 3. The van der Waals surface area contributed by atoms with Crippen molar-refractivity contribution in [3.63, 3.8) is 0 Å². The molecule has 0 fully saturated rings. The van der Waals surface area contributed by atoms with Crippen LogP contribution in [-0.4, -0.2) is 11.8 Å². The third kappa shape index (κ3) is 2.56. The maximum Gasteiger partial charge on any atom is 0.345 e. The Hall–Kier alpha value is -3.40. The van der Waals surface area contributed by atoms with E-state index in [4.69, 9.17) is 9.47 Å². The normalized spacial score (nSPS) is 14.7. The van der Waals surface area contributed by atoms with Crippen LogP contribution in [0.1, 0.15) is 38.8 Å². The van der Waals surface area contributed by atoms with Crippen LogP contribution in [0.15, 0.2) is 78.9 Å². The molecule has 0 spiro atoms. The molecule has 0 atom stereocenters. The Balaban J connectivity index is 1.90. The Kier molecular flexibility index (Phi) is 3.81. The summed E-state index contributed by atoms with van der Waals surface area (Å²) in [4.78, 5) is 24.4. The van der Waals surface area contributed by atoms with E-state index < -0.39 is 11.8 Å². The highest BCUT2D eigenvalue weighted by atomic mass is 16.7. The number of Topliss-reactive ketones (excluding diaryl/α,β-unsaturated/α-hetero) is 1. The topological polar surface area (TPSA) is 52.6 Å². The molecule has 1 aliphatic heterocycles. The van der Waals surface area contributed by atoms with Gasteiger partial charge in [-0.15, -0.1) is 0 Å². The second-order valence-electron chi connectivity index (χ2n) is 6.11. The van der Waals surface area contributed by atoms with Crippen LogP contribution in [0.2, 0.25) is 0 Å². The second-order valence-corrected chi connectivity index (χ2v) is 6.11. The molecule has 4 nitrogen and oxygen atoms in total. The summed E-state index contributed by atoms with van der Waals surface area (Å²) in [5.41, 5.74) is 2.11. The van der Waals surface area contributed by atoms with Gasteiger partial charge in [-0.3, -0.25) is 4.79 Å². The van der Waals surface area contributed by atoms with Crippen molar-refractivity contribution < 1.29 is 19.1 Å². The molecule has 4 rings (SSSR count). The molecule has 0 saturated carbocycles. The maximum absolute atomic E-state index is 12.8. The summed E-state index contributed by atoms with van der Waals surface area (Å²) in [6, 6.07) is 23.5. The number of ketones is 1. The number of hydrogen-bond acceptors (Lipinski definition) is 4. The van der Waals surface area contributed by atoms with Crippen molar-refractivity contribution in [1.82, 2.24) is 0 Å². The summed E-state index contributed by atoms with van der Waals surface area (Å²) in [5, 5.41) is 0. The van der Waals surface area contributed by atoms with E-state index in [0.717, 1.165) is 0 Å². The molecule has 26 heavy (non-hydrogen) atoms. The van der Waals surface area contributed by atoms with Gasteiger partial charge in [-0.1, -0.05) is 60.7 Å². The van der Waals surface area contributed by atoms with Gasteiger partial charge in [0.15, 0.2) is 5.78 Å². The third-order valence-corrected chi connectivity index (χ3v) is 4.40. The minimum atomic E-state index is -1.37. The molecule has 0 amide bonds. The lowest BCUT2D eigenvalue weighted by molar-refractivity contribution is -0.131. The average molecular weight is 344 g/mol. The van der Waals surface area contributed by atoms with Crippen LogP contribution in [0.25, 0.3) is 0 Å². The van der Waals surface area contributed by atoms with Crippen molar-refractivity contribution in [3.05, 3.63) is 101 Å². The molecule has 4 heteroatoms. The lowest BCUT2D eigenvalue weighted by Gasteiger charge is -2.38. The number of ether oxygens (including phenoxy) is 2. The Morgan fingerprint density at radius 3 is 1.92 bits per heavy atom. The molecule has 0 aromatic heterocycles. The Morgan fingerprint density at radius 1 is 0.808 bits per heavy atom. The van der Waals surface area contributed by atoms with Crippen LogP contribution in [0, 0.1) is 0 Å².